The quantitative estimate of drug-likeness (QED) is 0.131. The molecule has 6 nitrogen and oxygen atoms in total. The third-order valence-electron chi connectivity index (χ3n) is 11.2. The van der Waals surface area contributed by atoms with E-state index in [1.807, 2.05) is 32.4 Å². The lowest BCUT2D eigenvalue weighted by Gasteiger charge is -2.35. The summed E-state index contributed by atoms with van der Waals surface area (Å²) < 4.78 is 23.9. The molecule has 6 heteroatoms. The van der Waals surface area contributed by atoms with E-state index < -0.39 is 5.60 Å². The van der Waals surface area contributed by atoms with Crippen LogP contribution in [0.3, 0.4) is 0 Å². The van der Waals surface area contributed by atoms with E-state index in [1.54, 1.807) is 0 Å². The van der Waals surface area contributed by atoms with Gasteiger partial charge >= 0.3 is 0 Å². The van der Waals surface area contributed by atoms with Crippen molar-refractivity contribution in [2.75, 3.05) is 60.3 Å². The van der Waals surface area contributed by atoms with Crippen molar-refractivity contribution in [1.82, 2.24) is 9.80 Å². The summed E-state index contributed by atoms with van der Waals surface area (Å²) in [5.74, 6) is 1.63. The van der Waals surface area contributed by atoms with Crippen LogP contribution in [0.25, 0.3) is 0 Å². The fraction of sp³-hybridized carbons (Fsp3) is 0.467. The second-order valence-corrected chi connectivity index (χ2v) is 14.2. The zero-order chi connectivity index (χ0) is 35.2. The van der Waals surface area contributed by atoms with Gasteiger partial charge < -0.3 is 28.7 Å². The summed E-state index contributed by atoms with van der Waals surface area (Å²) in [5, 5.41) is 0. The molecule has 0 N–H and O–H groups in total. The molecule has 0 aromatic heterocycles. The van der Waals surface area contributed by atoms with Gasteiger partial charge in [0.2, 0.25) is 6.79 Å². The van der Waals surface area contributed by atoms with Crippen LogP contribution in [0.15, 0.2) is 109 Å². The molecule has 4 aromatic carbocycles. The van der Waals surface area contributed by atoms with Gasteiger partial charge in [0.05, 0.1) is 0 Å². The third kappa shape index (κ3) is 9.04. The number of hydrogen-bond donors (Lipinski definition) is 0. The van der Waals surface area contributed by atoms with Gasteiger partial charge in [-0.2, -0.15) is 0 Å². The molecule has 0 saturated carbocycles. The summed E-state index contributed by atoms with van der Waals surface area (Å²) in [7, 11) is 3.66. The molecule has 0 bridgehead atoms. The van der Waals surface area contributed by atoms with Crippen molar-refractivity contribution in [3.8, 4) is 11.5 Å². The fourth-order valence-corrected chi connectivity index (χ4v) is 8.40. The molecular formula is C45H58N2O4. The number of likely N-dealkylation sites (tertiary alicyclic amines) is 2. The van der Waals surface area contributed by atoms with Crippen molar-refractivity contribution in [3.63, 3.8) is 0 Å². The van der Waals surface area contributed by atoms with Crippen molar-refractivity contribution < 1.29 is 18.9 Å². The first-order valence-electron chi connectivity index (χ1n) is 19.3. The van der Waals surface area contributed by atoms with Gasteiger partial charge in [-0.1, -0.05) is 116 Å². The molecule has 0 radical (unpaired) electrons. The molecule has 0 amide bonds. The molecule has 51 heavy (non-hydrogen) atoms. The molecule has 2 saturated heterocycles. The third-order valence-corrected chi connectivity index (χ3v) is 11.2. The number of piperidine rings is 2. The maximum absolute atomic E-state index is 6.27. The molecule has 3 aliphatic rings. The predicted molar refractivity (Wildman–Crippen MR) is 207 cm³/mol. The van der Waals surface area contributed by atoms with E-state index >= 15 is 0 Å². The van der Waals surface area contributed by atoms with Crippen LogP contribution in [0.1, 0.15) is 86.5 Å². The van der Waals surface area contributed by atoms with Gasteiger partial charge in [0.1, 0.15) is 11.2 Å². The molecule has 3 aliphatic heterocycles. The Morgan fingerprint density at radius 2 is 0.961 bits per heavy atom. The average molecular weight is 691 g/mol. The lowest BCUT2D eigenvalue weighted by atomic mass is 9.81. The zero-order valence-corrected chi connectivity index (χ0v) is 30.9. The molecule has 0 aliphatic carbocycles. The Bertz CT molecular complexity index is 1530. The van der Waals surface area contributed by atoms with E-state index in [0.29, 0.717) is 0 Å². The van der Waals surface area contributed by atoms with Gasteiger partial charge in [-0.15, -0.1) is 0 Å². The standard InChI is InChI=1S/C23H29NO3.C22H29NO/c1-25-23(19-10-4-2-5-11-19,14-9-17-24-15-6-3-7-16-24)20-12-8-13-21-22(20)27-18-26-21;1-24-22(20-12-5-2-6-13-20,21-14-7-3-8-15-21)16-11-19-23-17-9-4-10-18-23/h2,4-5,8,10-13H,3,6-7,9,14-18H2,1H3;2-3,5-8,12-15H,4,9-11,16-19H2,1H3. The Morgan fingerprint density at radius 3 is 1.43 bits per heavy atom. The van der Waals surface area contributed by atoms with Crippen LogP contribution >= 0.6 is 0 Å². The highest BCUT2D eigenvalue weighted by atomic mass is 16.7. The topological polar surface area (TPSA) is 43.4 Å². The summed E-state index contributed by atoms with van der Waals surface area (Å²) in [5.41, 5.74) is 3.84. The maximum Gasteiger partial charge on any atom is 0.231 e. The lowest BCUT2D eigenvalue weighted by Crippen LogP contribution is -2.34. The van der Waals surface area contributed by atoms with Crippen LogP contribution < -0.4 is 9.47 Å². The van der Waals surface area contributed by atoms with Crippen molar-refractivity contribution in [3.05, 3.63) is 131 Å². The maximum atomic E-state index is 6.27. The normalized spacial score (nSPS) is 17.7. The Morgan fingerprint density at radius 1 is 0.510 bits per heavy atom. The number of benzene rings is 4. The SMILES string of the molecule is COC(CCCN1CCCCC1)(c1ccccc1)c1cccc2c1OCO2.COC(CCCN1CCCCC1)(c1ccccc1)c1ccccc1. The highest BCUT2D eigenvalue weighted by molar-refractivity contribution is 5.54. The van der Waals surface area contributed by atoms with Gasteiger partial charge in [-0.3, -0.25) is 0 Å². The van der Waals surface area contributed by atoms with Crippen molar-refractivity contribution in [1.29, 1.82) is 0 Å². The van der Waals surface area contributed by atoms with Crippen LogP contribution in [-0.2, 0) is 20.7 Å². The number of rotatable bonds is 14. The molecule has 3 heterocycles. The van der Waals surface area contributed by atoms with Gasteiger partial charge in [0.15, 0.2) is 11.5 Å². The summed E-state index contributed by atoms with van der Waals surface area (Å²) in [6.45, 7) is 7.53. The number of fused-ring (bicyclic) bond motifs is 1. The molecule has 2 fully saturated rings. The van der Waals surface area contributed by atoms with E-state index in [0.717, 1.165) is 54.9 Å². The van der Waals surface area contributed by atoms with E-state index in [9.17, 15) is 0 Å². The molecule has 7 rings (SSSR count). The van der Waals surface area contributed by atoms with Crippen LogP contribution in [-0.4, -0.2) is 70.1 Å². The number of para-hydroxylation sites is 1. The number of methoxy groups -OCH3 is 2. The second-order valence-electron chi connectivity index (χ2n) is 14.2. The Hall–Kier alpha value is -3.68. The molecule has 1 atom stereocenters. The molecule has 272 valence electrons. The molecular weight excluding hydrogens is 633 g/mol. The van der Waals surface area contributed by atoms with Crippen molar-refractivity contribution in [2.24, 2.45) is 0 Å². The predicted octanol–water partition coefficient (Wildman–Crippen LogP) is 9.41. The largest absolute Gasteiger partial charge is 0.454 e. The number of nitrogens with zero attached hydrogens (tertiary/aromatic N) is 2. The summed E-state index contributed by atoms with van der Waals surface area (Å²) in [6, 6.07) is 38.0. The minimum Gasteiger partial charge on any atom is -0.454 e. The summed E-state index contributed by atoms with van der Waals surface area (Å²) >= 11 is 0. The Balaban J connectivity index is 0.000000177. The van der Waals surface area contributed by atoms with Crippen molar-refractivity contribution >= 4 is 0 Å². The van der Waals surface area contributed by atoms with Crippen LogP contribution in [0, 0.1) is 0 Å². The Kier molecular flexibility index (Phi) is 13.6. The smallest absolute Gasteiger partial charge is 0.231 e. The number of ether oxygens (including phenoxy) is 4. The van der Waals surface area contributed by atoms with E-state index in [2.05, 4.69) is 101 Å². The molecule has 0 spiro atoms. The van der Waals surface area contributed by atoms with Gasteiger partial charge in [0, 0.05) is 19.8 Å². The minimum atomic E-state index is -0.532. The van der Waals surface area contributed by atoms with Gasteiger partial charge in [0.25, 0.3) is 0 Å². The lowest BCUT2D eigenvalue weighted by molar-refractivity contribution is 0.00815. The number of hydrogen-bond acceptors (Lipinski definition) is 6. The van der Waals surface area contributed by atoms with Crippen LogP contribution in [0.4, 0.5) is 0 Å². The Labute approximate surface area is 306 Å². The zero-order valence-electron chi connectivity index (χ0n) is 30.9. The van der Waals surface area contributed by atoms with E-state index in [4.69, 9.17) is 18.9 Å². The van der Waals surface area contributed by atoms with Crippen LogP contribution in [0.2, 0.25) is 0 Å². The highest BCUT2D eigenvalue weighted by Crippen LogP contribution is 2.47. The first-order chi connectivity index (χ1) is 25.2. The average Bonchev–Trinajstić information content (AvgIpc) is 3.70. The molecule has 4 aromatic rings. The summed E-state index contributed by atoms with van der Waals surface area (Å²) in [4.78, 5) is 5.20. The monoisotopic (exact) mass is 690 g/mol. The highest BCUT2D eigenvalue weighted by Gasteiger charge is 2.39. The fourth-order valence-electron chi connectivity index (χ4n) is 8.40. The minimum absolute atomic E-state index is 0.273. The first-order valence-corrected chi connectivity index (χ1v) is 19.3. The van der Waals surface area contributed by atoms with Crippen LogP contribution in [0.5, 0.6) is 11.5 Å². The molecule has 1 unspecified atom stereocenters. The van der Waals surface area contributed by atoms with Gasteiger partial charge in [-0.05, 0) is 113 Å². The second kappa shape index (κ2) is 18.7. The van der Waals surface area contributed by atoms with Gasteiger partial charge in [-0.25, -0.2) is 0 Å². The van der Waals surface area contributed by atoms with E-state index in [1.165, 1.54) is 82.4 Å². The summed E-state index contributed by atoms with van der Waals surface area (Å²) in [6.07, 6.45) is 12.3. The van der Waals surface area contributed by atoms with E-state index in [-0.39, 0.29) is 12.4 Å². The first kappa shape index (κ1) is 37.1. The van der Waals surface area contributed by atoms with Crippen molar-refractivity contribution in [2.45, 2.75) is 75.4 Å².